The number of ether oxygens (including phenoxy) is 1. The molecule has 1 aromatic carbocycles. The number of anilines is 1. The number of thioether (sulfide) groups is 1. The lowest BCUT2D eigenvalue weighted by Gasteiger charge is -2.07. The lowest BCUT2D eigenvalue weighted by molar-refractivity contribution is -0.140. The third kappa shape index (κ3) is 4.71. The van der Waals surface area contributed by atoms with Crippen LogP contribution in [0.5, 0.6) is 0 Å². The van der Waals surface area contributed by atoms with Gasteiger partial charge in [0.15, 0.2) is 5.16 Å². The number of nitrogen functional groups attached to an aromatic ring is 1. The summed E-state index contributed by atoms with van der Waals surface area (Å²) in [5.41, 5.74) is 8.06. The quantitative estimate of drug-likeness (QED) is 0.473. The van der Waals surface area contributed by atoms with Crippen molar-refractivity contribution in [1.82, 2.24) is 9.97 Å². The minimum Gasteiger partial charge on any atom is -0.465 e. The Morgan fingerprint density at radius 1 is 1.38 bits per heavy atom. The van der Waals surface area contributed by atoms with Crippen molar-refractivity contribution < 1.29 is 9.53 Å². The van der Waals surface area contributed by atoms with Crippen molar-refractivity contribution in [2.45, 2.75) is 24.9 Å². The standard InChI is InChI=1S/C18H21N3O2S/c1-12-7-15(12)10-23-16(22)11-24-18-20-9-14(17(19)21-18)8-13-5-3-2-4-6-13/h2-6,9,12,15H,7-8,10-11H2,1H3,(H2,19,20,21). The number of nitrogens with zero attached hydrogens (tertiary/aromatic N) is 2. The fourth-order valence-corrected chi connectivity index (χ4v) is 3.04. The summed E-state index contributed by atoms with van der Waals surface area (Å²) >= 11 is 1.25. The van der Waals surface area contributed by atoms with E-state index in [1.165, 1.54) is 11.8 Å². The van der Waals surface area contributed by atoms with Gasteiger partial charge in [-0.2, -0.15) is 0 Å². The van der Waals surface area contributed by atoms with Gasteiger partial charge in [0.1, 0.15) is 5.82 Å². The van der Waals surface area contributed by atoms with E-state index in [0.717, 1.165) is 17.5 Å². The fourth-order valence-electron chi connectivity index (χ4n) is 2.42. The fraction of sp³-hybridized carbons (Fsp3) is 0.389. The van der Waals surface area contributed by atoms with Crippen LogP contribution in [0, 0.1) is 11.8 Å². The molecule has 1 heterocycles. The number of benzene rings is 1. The predicted molar refractivity (Wildman–Crippen MR) is 94.6 cm³/mol. The maximum Gasteiger partial charge on any atom is 0.316 e. The topological polar surface area (TPSA) is 78.1 Å². The number of hydrogen-bond donors (Lipinski definition) is 1. The van der Waals surface area contributed by atoms with Gasteiger partial charge in [0.05, 0.1) is 12.4 Å². The molecule has 3 rings (SSSR count). The van der Waals surface area contributed by atoms with Crippen LogP contribution >= 0.6 is 11.8 Å². The Kier molecular flexibility index (Phi) is 5.35. The van der Waals surface area contributed by atoms with E-state index in [-0.39, 0.29) is 11.7 Å². The first-order valence-corrected chi connectivity index (χ1v) is 9.04. The minimum absolute atomic E-state index is 0.207. The van der Waals surface area contributed by atoms with Gasteiger partial charge in [0.25, 0.3) is 0 Å². The first kappa shape index (κ1) is 16.8. The predicted octanol–water partition coefficient (Wildman–Crippen LogP) is 2.94. The zero-order valence-corrected chi connectivity index (χ0v) is 14.5. The van der Waals surface area contributed by atoms with E-state index in [0.29, 0.717) is 35.8 Å². The lowest BCUT2D eigenvalue weighted by atomic mass is 10.1. The third-order valence-electron chi connectivity index (χ3n) is 4.17. The van der Waals surface area contributed by atoms with Crippen molar-refractivity contribution >= 4 is 23.5 Å². The van der Waals surface area contributed by atoms with E-state index in [9.17, 15) is 4.79 Å². The number of carbonyl (C=O) groups excluding carboxylic acids is 1. The highest BCUT2D eigenvalue weighted by Gasteiger charge is 2.33. The van der Waals surface area contributed by atoms with Crippen molar-refractivity contribution in [3.8, 4) is 0 Å². The van der Waals surface area contributed by atoms with Gasteiger partial charge in [-0.25, -0.2) is 9.97 Å². The summed E-state index contributed by atoms with van der Waals surface area (Å²) in [7, 11) is 0. The van der Waals surface area contributed by atoms with Gasteiger partial charge in [0, 0.05) is 18.2 Å². The Morgan fingerprint density at radius 2 is 2.12 bits per heavy atom. The summed E-state index contributed by atoms with van der Waals surface area (Å²) in [4.78, 5) is 20.3. The monoisotopic (exact) mass is 343 g/mol. The normalized spacial score (nSPS) is 19.0. The first-order chi connectivity index (χ1) is 11.6. The molecule has 5 nitrogen and oxygen atoms in total. The third-order valence-corrected chi connectivity index (χ3v) is 5.00. The number of hydrogen-bond acceptors (Lipinski definition) is 6. The minimum atomic E-state index is -0.227. The maximum absolute atomic E-state index is 11.7. The number of esters is 1. The van der Waals surface area contributed by atoms with Crippen LogP contribution < -0.4 is 5.73 Å². The molecule has 2 atom stereocenters. The van der Waals surface area contributed by atoms with Gasteiger partial charge in [-0.1, -0.05) is 49.0 Å². The van der Waals surface area contributed by atoms with Crippen LogP contribution in [0.25, 0.3) is 0 Å². The van der Waals surface area contributed by atoms with Gasteiger partial charge >= 0.3 is 5.97 Å². The van der Waals surface area contributed by atoms with Crippen molar-refractivity contribution in [2.24, 2.45) is 11.8 Å². The number of rotatable bonds is 7. The Labute approximate surface area is 146 Å². The molecule has 24 heavy (non-hydrogen) atoms. The summed E-state index contributed by atoms with van der Waals surface area (Å²) in [6.45, 7) is 2.69. The molecule has 1 aromatic heterocycles. The van der Waals surface area contributed by atoms with Gasteiger partial charge in [-0.05, 0) is 23.8 Å². The van der Waals surface area contributed by atoms with Gasteiger partial charge in [-0.3, -0.25) is 4.79 Å². The molecule has 1 aliphatic rings. The average Bonchev–Trinajstić information content (AvgIpc) is 3.30. The number of aromatic nitrogens is 2. The summed E-state index contributed by atoms with van der Waals surface area (Å²) in [5, 5.41) is 0.501. The van der Waals surface area contributed by atoms with Crippen molar-refractivity contribution in [3.63, 3.8) is 0 Å². The summed E-state index contributed by atoms with van der Waals surface area (Å²) in [6.07, 6.45) is 3.58. The molecule has 6 heteroatoms. The molecule has 1 aliphatic carbocycles. The van der Waals surface area contributed by atoms with Gasteiger partial charge < -0.3 is 10.5 Å². The van der Waals surface area contributed by atoms with Gasteiger partial charge in [0.2, 0.25) is 0 Å². The van der Waals surface area contributed by atoms with E-state index in [1.54, 1.807) is 6.20 Å². The molecule has 0 radical (unpaired) electrons. The molecule has 0 bridgehead atoms. The highest BCUT2D eigenvalue weighted by Crippen LogP contribution is 2.37. The largest absolute Gasteiger partial charge is 0.465 e. The van der Waals surface area contributed by atoms with Crippen LogP contribution in [0.2, 0.25) is 0 Å². The molecule has 2 unspecified atom stereocenters. The highest BCUT2D eigenvalue weighted by atomic mass is 32.2. The van der Waals surface area contributed by atoms with E-state index >= 15 is 0 Å². The number of carbonyl (C=O) groups is 1. The van der Waals surface area contributed by atoms with Crippen LogP contribution in [-0.4, -0.2) is 28.3 Å². The molecule has 0 spiro atoms. The van der Waals surface area contributed by atoms with E-state index < -0.39 is 0 Å². The van der Waals surface area contributed by atoms with E-state index in [4.69, 9.17) is 10.5 Å². The Hall–Kier alpha value is -2.08. The van der Waals surface area contributed by atoms with Gasteiger partial charge in [-0.15, -0.1) is 0 Å². The summed E-state index contributed by atoms with van der Waals surface area (Å²) in [5.74, 6) is 1.67. The van der Waals surface area contributed by atoms with E-state index in [2.05, 4.69) is 16.9 Å². The summed E-state index contributed by atoms with van der Waals surface area (Å²) in [6, 6.07) is 10.0. The molecule has 0 saturated heterocycles. The summed E-state index contributed by atoms with van der Waals surface area (Å²) < 4.78 is 5.24. The molecular weight excluding hydrogens is 322 g/mol. The van der Waals surface area contributed by atoms with Crippen LogP contribution in [-0.2, 0) is 16.0 Å². The molecule has 1 fully saturated rings. The van der Waals surface area contributed by atoms with Crippen molar-refractivity contribution in [1.29, 1.82) is 0 Å². The molecule has 126 valence electrons. The number of nitrogens with two attached hydrogens (primary N) is 1. The average molecular weight is 343 g/mol. The van der Waals surface area contributed by atoms with E-state index in [1.807, 2.05) is 30.3 Å². The van der Waals surface area contributed by atoms with Crippen molar-refractivity contribution in [2.75, 3.05) is 18.1 Å². The first-order valence-electron chi connectivity index (χ1n) is 8.05. The van der Waals surface area contributed by atoms with Crippen LogP contribution in [0.1, 0.15) is 24.5 Å². The van der Waals surface area contributed by atoms with Crippen LogP contribution in [0.3, 0.4) is 0 Å². The molecular formula is C18H21N3O2S. The Morgan fingerprint density at radius 3 is 2.79 bits per heavy atom. The Balaban J connectivity index is 1.49. The lowest BCUT2D eigenvalue weighted by Crippen LogP contribution is -2.10. The second-order valence-corrected chi connectivity index (χ2v) is 7.11. The smallest absolute Gasteiger partial charge is 0.316 e. The second-order valence-electron chi connectivity index (χ2n) is 6.17. The molecule has 1 saturated carbocycles. The van der Waals surface area contributed by atoms with Crippen LogP contribution in [0.4, 0.5) is 5.82 Å². The maximum atomic E-state index is 11.7. The SMILES string of the molecule is CC1CC1COC(=O)CSc1ncc(Cc2ccccc2)c(N)n1. The second kappa shape index (κ2) is 7.66. The zero-order chi connectivity index (χ0) is 16.9. The Bertz CT molecular complexity index is 709. The zero-order valence-electron chi connectivity index (χ0n) is 13.6. The molecule has 0 aliphatic heterocycles. The van der Waals surface area contributed by atoms with Crippen LogP contribution in [0.15, 0.2) is 41.7 Å². The highest BCUT2D eigenvalue weighted by molar-refractivity contribution is 7.99. The molecule has 0 amide bonds. The van der Waals surface area contributed by atoms with Crippen molar-refractivity contribution in [3.05, 3.63) is 47.7 Å². The molecule has 2 aromatic rings. The molecule has 2 N–H and O–H groups in total.